The molecular weight excluding hydrogens is 300 g/mol. The molecule has 2 heterocycles. The number of aromatic nitrogens is 5. The largest absolute Gasteiger partial charge is 0.363 e. The van der Waals surface area contributed by atoms with Gasteiger partial charge in [0.25, 0.3) is 0 Å². The van der Waals surface area contributed by atoms with Gasteiger partial charge in [0.15, 0.2) is 11.6 Å². The lowest BCUT2D eigenvalue weighted by Crippen LogP contribution is -2.09. The van der Waals surface area contributed by atoms with Gasteiger partial charge in [-0.1, -0.05) is 44.2 Å². The van der Waals surface area contributed by atoms with E-state index in [4.69, 9.17) is 0 Å². The number of nitrogens with one attached hydrogen (secondary N) is 1. The Balaban J connectivity index is 1.77. The third kappa shape index (κ3) is 3.42. The van der Waals surface area contributed by atoms with Crippen LogP contribution in [0, 0.1) is 0 Å². The first-order valence-electron chi connectivity index (χ1n) is 8.25. The molecule has 0 amide bonds. The average Bonchev–Trinajstić information content (AvgIpc) is 3.01. The van der Waals surface area contributed by atoms with Crippen molar-refractivity contribution < 1.29 is 0 Å². The second-order valence-corrected chi connectivity index (χ2v) is 5.59. The molecule has 0 aliphatic rings. The SMILES string of the molecule is CCc1cc(NCc2nnc(-c3ccccc3)n2C)nc(CC)n1. The fourth-order valence-corrected chi connectivity index (χ4v) is 2.51. The summed E-state index contributed by atoms with van der Waals surface area (Å²) < 4.78 is 2.00. The molecule has 0 aliphatic heterocycles. The molecule has 0 atom stereocenters. The van der Waals surface area contributed by atoms with Crippen molar-refractivity contribution in [3.8, 4) is 11.4 Å². The Kier molecular flexibility index (Phi) is 4.84. The summed E-state index contributed by atoms with van der Waals surface area (Å²) in [4.78, 5) is 9.03. The molecule has 1 aromatic carbocycles. The molecule has 3 aromatic rings. The van der Waals surface area contributed by atoms with Gasteiger partial charge in [-0.2, -0.15) is 0 Å². The predicted molar refractivity (Wildman–Crippen MR) is 94.6 cm³/mol. The van der Waals surface area contributed by atoms with Crippen LogP contribution in [0.1, 0.15) is 31.2 Å². The van der Waals surface area contributed by atoms with Gasteiger partial charge in [-0.05, 0) is 6.42 Å². The number of hydrogen-bond donors (Lipinski definition) is 1. The quantitative estimate of drug-likeness (QED) is 0.755. The van der Waals surface area contributed by atoms with Gasteiger partial charge in [-0.3, -0.25) is 0 Å². The van der Waals surface area contributed by atoms with Gasteiger partial charge in [-0.25, -0.2) is 9.97 Å². The average molecular weight is 322 g/mol. The number of nitrogens with zero attached hydrogens (tertiary/aromatic N) is 5. The van der Waals surface area contributed by atoms with E-state index in [1.165, 1.54) is 0 Å². The van der Waals surface area contributed by atoms with E-state index in [2.05, 4.69) is 39.3 Å². The number of hydrogen-bond acceptors (Lipinski definition) is 5. The molecule has 24 heavy (non-hydrogen) atoms. The van der Waals surface area contributed by atoms with Crippen LogP contribution in [0.4, 0.5) is 5.82 Å². The van der Waals surface area contributed by atoms with E-state index in [1.54, 1.807) is 0 Å². The third-order valence-corrected chi connectivity index (χ3v) is 3.93. The second kappa shape index (κ2) is 7.21. The zero-order chi connectivity index (χ0) is 16.9. The molecular formula is C18H22N6. The maximum absolute atomic E-state index is 4.53. The van der Waals surface area contributed by atoms with Crippen molar-refractivity contribution in [3.05, 3.63) is 53.7 Å². The zero-order valence-corrected chi connectivity index (χ0v) is 14.3. The Hall–Kier alpha value is -2.76. The van der Waals surface area contributed by atoms with Crippen molar-refractivity contribution in [1.29, 1.82) is 0 Å². The molecule has 6 heteroatoms. The predicted octanol–water partition coefficient (Wildman–Crippen LogP) is 3.01. The van der Waals surface area contributed by atoms with Crippen LogP contribution in [0.15, 0.2) is 36.4 Å². The summed E-state index contributed by atoms with van der Waals surface area (Å²) >= 11 is 0. The number of rotatable bonds is 6. The van der Waals surface area contributed by atoms with Crippen LogP contribution in [0.5, 0.6) is 0 Å². The van der Waals surface area contributed by atoms with Crippen molar-refractivity contribution in [3.63, 3.8) is 0 Å². The van der Waals surface area contributed by atoms with Crippen molar-refractivity contribution in [2.45, 2.75) is 33.2 Å². The number of benzene rings is 1. The highest BCUT2D eigenvalue weighted by Gasteiger charge is 2.11. The van der Waals surface area contributed by atoms with Crippen LogP contribution in [0.2, 0.25) is 0 Å². The molecule has 0 radical (unpaired) electrons. The lowest BCUT2D eigenvalue weighted by Gasteiger charge is -2.09. The van der Waals surface area contributed by atoms with E-state index >= 15 is 0 Å². The van der Waals surface area contributed by atoms with E-state index in [1.807, 2.05) is 48.0 Å². The minimum atomic E-state index is 0.569. The van der Waals surface area contributed by atoms with E-state index in [0.29, 0.717) is 6.54 Å². The van der Waals surface area contributed by atoms with Gasteiger partial charge in [0.05, 0.1) is 6.54 Å². The molecule has 0 spiro atoms. The highest BCUT2D eigenvalue weighted by molar-refractivity contribution is 5.54. The standard InChI is InChI=1S/C18H22N6/c1-4-14-11-16(21-15(5-2)20-14)19-12-17-22-23-18(24(17)3)13-9-7-6-8-10-13/h6-11H,4-5,12H2,1-3H3,(H,19,20,21). The lowest BCUT2D eigenvalue weighted by atomic mass is 10.2. The summed E-state index contributed by atoms with van der Waals surface area (Å²) in [5.74, 6) is 3.42. The molecule has 6 nitrogen and oxygen atoms in total. The van der Waals surface area contributed by atoms with Gasteiger partial charge >= 0.3 is 0 Å². The first-order valence-corrected chi connectivity index (χ1v) is 8.25. The zero-order valence-electron chi connectivity index (χ0n) is 14.3. The van der Waals surface area contributed by atoms with Crippen molar-refractivity contribution in [1.82, 2.24) is 24.7 Å². The monoisotopic (exact) mass is 322 g/mol. The summed E-state index contributed by atoms with van der Waals surface area (Å²) in [6.45, 7) is 4.73. The minimum absolute atomic E-state index is 0.569. The molecule has 0 saturated carbocycles. The third-order valence-electron chi connectivity index (χ3n) is 3.93. The summed E-state index contributed by atoms with van der Waals surface area (Å²) in [6.07, 6.45) is 1.72. The van der Waals surface area contributed by atoms with Gasteiger partial charge in [-0.15, -0.1) is 10.2 Å². The smallest absolute Gasteiger partial charge is 0.163 e. The Morgan fingerprint density at radius 2 is 1.79 bits per heavy atom. The van der Waals surface area contributed by atoms with Crippen molar-refractivity contribution in [2.24, 2.45) is 7.05 Å². The van der Waals surface area contributed by atoms with Gasteiger partial charge in [0.2, 0.25) is 0 Å². The van der Waals surface area contributed by atoms with Crippen LogP contribution < -0.4 is 5.32 Å². The molecule has 0 fully saturated rings. The van der Waals surface area contributed by atoms with E-state index in [9.17, 15) is 0 Å². The van der Waals surface area contributed by atoms with Crippen molar-refractivity contribution in [2.75, 3.05) is 5.32 Å². The number of aryl methyl sites for hydroxylation is 2. The Bertz CT molecular complexity index is 787. The van der Waals surface area contributed by atoms with Gasteiger partial charge in [0, 0.05) is 30.8 Å². The van der Waals surface area contributed by atoms with Gasteiger partial charge in [0.1, 0.15) is 11.6 Å². The fourth-order valence-electron chi connectivity index (χ4n) is 2.51. The molecule has 0 unspecified atom stereocenters. The van der Waals surface area contributed by atoms with E-state index in [0.717, 1.165) is 47.4 Å². The highest BCUT2D eigenvalue weighted by atomic mass is 15.3. The summed E-state index contributed by atoms with van der Waals surface area (Å²) in [6, 6.07) is 12.1. The summed E-state index contributed by atoms with van der Waals surface area (Å²) in [5, 5.41) is 11.9. The topological polar surface area (TPSA) is 68.5 Å². The van der Waals surface area contributed by atoms with Crippen molar-refractivity contribution >= 4 is 5.82 Å². The summed E-state index contributed by atoms with van der Waals surface area (Å²) in [7, 11) is 1.98. The Morgan fingerprint density at radius 1 is 1.00 bits per heavy atom. The van der Waals surface area contributed by atoms with Crippen LogP contribution in [-0.4, -0.2) is 24.7 Å². The van der Waals surface area contributed by atoms with E-state index < -0.39 is 0 Å². The normalized spacial score (nSPS) is 10.8. The molecule has 1 N–H and O–H groups in total. The first-order chi connectivity index (χ1) is 11.7. The number of anilines is 1. The van der Waals surface area contributed by atoms with Crippen LogP contribution >= 0.6 is 0 Å². The Labute approximate surface area is 142 Å². The molecule has 0 bridgehead atoms. The molecule has 124 valence electrons. The van der Waals surface area contributed by atoms with Gasteiger partial charge < -0.3 is 9.88 Å². The van der Waals surface area contributed by atoms with Crippen LogP contribution in [0.3, 0.4) is 0 Å². The highest BCUT2D eigenvalue weighted by Crippen LogP contribution is 2.17. The summed E-state index contributed by atoms with van der Waals surface area (Å²) in [5.41, 5.74) is 2.11. The molecule has 0 aliphatic carbocycles. The molecule has 3 rings (SSSR count). The molecule has 2 aromatic heterocycles. The lowest BCUT2D eigenvalue weighted by molar-refractivity contribution is 0.810. The van der Waals surface area contributed by atoms with Crippen LogP contribution in [0.25, 0.3) is 11.4 Å². The maximum Gasteiger partial charge on any atom is 0.163 e. The van der Waals surface area contributed by atoms with E-state index in [-0.39, 0.29) is 0 Å². The first kappa shape index (κ1) is 16.1. The Morgan fingerprint density at radius 3 is 2.50 bits per heavy atom. The minimum Gasteiger partial charge on any atom is -0.363 e. The maximum atomic E-state index is 4.53. The second-order valence-electron chi connectivity index (χ2n) is 5.59. The molecule has 0 saturated heterocycles. The fraction of sp³-hybridized carbons (Fsp3) is 0.333. The van der Waals surface area contributed by atoms with Crippen LogP contribution in [-0.2, 0) is 26.4 Å².